The molecule has 0 unspecified atom stereocenters. The standard InChI is InChI=1S/C4H8BBrS2/c5-1-3-7-8-4-2-6/h1-4H2. The lowest BCUT2D eigenvalue weighted by molar-refractivity contribution is 1.52. The van der Waals surface area contributed by atoms with Gasteiger partial charge in [-0.1, -0.05) is 43.8 Å². The van der Waals surface area contributed by atoms with Crippen molar-refractivity contribution >= 4 is 45.4 Å². The van der Waals surface area contributed by atoms with E-state index in [0.717, 1.165) is 17.4 Å². The molecule has 0 aromatic heterocycles. The molecule has 0 atom stereocenters. The zero-order chi connectivity index (χ0) is 6.24. The van der Waals surface area contributed by atoms with Gasteiger partial charge in [0.25, 0.3) is 0 Å². The Labute approximate surface area is 68.5 Å². The number of hydrogen-bond acceptors (Lipinski definition) is 2. The van der Waals surface area contributed by atoms with Gasteiger partial charge in [0.2, 0.25) is 0 Å². The third-order valence-corrected chi connectivity index (χ3v) is 3.81. The molecule has 46 valence electrons. The van der Waals surface area contributed by atoms with Crippen LogP contribution < -0.4 is 0 Å². The maximum absolute atomic E-state index is 5.26. The topological polar surface area (TPSA) is 0 Å². The third-order valence-electron chi connectivity index (χ3n) is 0.445. The van der Waals surface area contributed by atoms with E-state index in [9.17, 15) is 0 Å². The number of hydrogen-bond donors (Lipinski definition) is 0. The molecule has 0 amide bonds. The van der Waals surface area contributed by atoms with Crippen molar-refractivity contribution in [1.29, 1.82) is 0 Å². The van der Waals surface area contributed by atoms with Crippen LogP contribution in [-0.4, -0.2) is 24.7 Å². The van der Waals surface area contributed by atoms with E-state index in [1.54, 1.807) is 0 Å². The maximum Gasteiger partial charge on any atom is 0.0664 e. The van der Waals surface area contributed by atoms with Gasteiger partial charge in [-0.15, -0.1) is 0 Å². The van der Waals surface area contributed by atoms with Crippen LogP contribution in [0.25, 0.3) is 0 Å². The van der Waals surface area contributed by atoms with E-state index in [1.165, 1.54) is 5.75 Å². The van der Waals surface area contributed by atoms with Crippen molar-refractivity contribution in [2.75, 3.05) is 16.8 Å². The second-order valence-corrected chi connectivity index (χ2v) is 4.62. The van der Waals surface area contributed by atoms with Gasteiger partial charge in [-0.25, -0.2) is 0 Å². The largest absolute Gasteiger partial charge is 0.0949 e. The highest BCUT2D eigenvalue weighted by Crippen LogP contribution is 2.21. The molecular weight excluding hydrogens is 203 g/mol. The Morgan fingerprint density at radius 3 is 2.38 bits per heavy atom. The molecule has 4 heteroatoms. The summed E-state index contributed by atoms with van der Waals surface area (Å²) in [5.41, 5.74) is 0. The molecule has 0 bridgehead atoms. The summed E-state index contributed by atoms with van der Waals surface area (Å²) in [6, 6.07) is 0. The van der Waals surface area contributed by atoms with E-state index < -0.39 is 0 Å². The maximum atomic E-state index is 5.26. The van der Waals surface area contributed by atoms with Crippen LogP contribution in [0.1, 0.15) is 0 Å². The zero-order valence-corrected chi connectivity index (χ0v) is 7.82. The summed E-state index contributed by atoms with van der Waals surface area (Å²) < 4.78 is 0. The van der Waals surface area contributed by atoms with E-state index in [0.29, 0.717) is 0 Å². The lowest BCUT2D eigenvalue weighted by Gasteiger charge is -1.93. The van der Waals surface area contributed by atoms with E-state index >= 15 is 0 Å². The lowest BCUT2D eigenvalue weighted by Crippen LogP contribution is -1.75. The van der Waals surface area contributed by atoms with Crippen LogP contribution in [0.15, 0.2) is 0 Å². The van der Waals surface area contributed by atoms with Gasteiger partial charge in [-0.05, 0) is 5.75 Å². The predicted molar refractivity (Wildman–Crippen MR) is 49.3 cm³/mol. The van der Waals surface area contributed by atoms with E-state index in [4.69, 9.17) is 7.85 Å². The van der Waals surface area contributed by atoms with Gasteiger partial charge in [0.1, 0.15) is 0 Å². The molecule has 0 aromatic rings. The van der Waals surface area contributed by atoms with Crippen LogP contribution in [0.3, 0.4) is 0 Å². The monoisotopic (exact) mass is 210 g/mol. The molecule has 0 nitrogen and oxygen atoms in total. The quantitative estimate of drug-likeness (QED) is 0.296. The summed E-state index contributed by atoms with van der Waals surface area (Å²) in [5.74, 6) is 2.24. The van der Waals surface area contributed by atoms with Crippen molar-refractivity contribution in [3.8, 4) is 0 Å². The van der Waals surface area contributed by atoms with Crippen LogP contribution in [0.5, 0.6) is 0 Å². The van der Waals surface area contributed by atoms with Gasteiger partial charge in [0.15, 0.2) is 0 Å². The van der Waals surface area contributed by atoms with Crippen molar-refractivity contribution in [3.63, 3.8) is 0 Å². The second-order valence-electron chi connectivity index (χ2n) is 1.12. The van der Waals surface area contributed by atoms with Gasteiger partial charge >= 0.3 is 0 Å². The van der Waals surface area contributed by atoms with Crippen molar-refractivity contribution in [2.45, 2.75) is 6.32 Å². The fourth-order valence-corrected chi connectivity index (χ4v) is 2.97. The molecule has 0 aromatic carbocycles. The molecule has 0 saturated heterocycles. The molecule has 0 fully saturated rings. The second kappa shape index (κ2) is 8.24. The third kappa shape index (κ3) is 7.24. The Morgan fingerprint density at radius 1 is 1.25 bits per heavy atom. The summed E-state index contributed by atoms with van der Waals surface area (Å²) in [6.45, 7) is 0. The van der Waals surface area contributed by atoms with Gasteiger partial charge in [-0.2, -0.15) is 0 Å². The molecule has 0 saturated carbocycles. The molecule has 8 heavy (non-hydrogen) atoms. The van der Waals surface area contributed by atoms with Crippen molar-refractivity contribution in [1.82, 2.24) is 0 Å². The van der Waals surface area contributed by atoms with Crippen LogP contribution in [0.4, 0.5) is 0 Å². The average Bonchev–Trinajstić information content (AvgIpc) is 1.81. The molecule has 0 heterocycles. The van der Waals surface area contributed by atoms with E-state index in [1.807, 2.05) is 21.6 Å². The first-order chi connectivity index (χ1) is 3.91. The normalized spacial score (nSPS) is 9.62. The summed E-state index contributed by atoms with van der Waals surface area (Å²) in [5, 5.41) is 1.08. The highest BCUT2D eigenvalue weighted by molar-refractivity contribution is 9.09. The predicted octanol–water partition coefficient (Wildman–Crippen LogP) is 2.35. The summed E-state index contributed by atoms with van der Waals surface area (Å²) in [7, 11) is 8.97. The van der Waals surface area contributed by atoms with Gasteiger partial charge < -0.3 is 0 Å². The molecule has 0 aliphatic rings. The Balaban J connectivity index is 2.53. The fraction of sp³-hybridized carbons (Fsp3) is 1.00. The molecule has 0 rings (SSSR count). The average molecular weight is 211 g/mol. The minimum atomic E-state index is 0.792. The van der Waals surface area contributed by atoms with Crippen molar-refractivity contribution in [2.24, 2.45) is 0 Å². The first-order valence-corrected chi connectivity index (χ1v) is 6.03. The minimum absolute atomic E-state index is 0.792. The SMILES string of the molecule is [B]CCSSCCBr. The highest BCUT2D eigenvalue weighted by Gasteiger charge is 1.84. The molecular formula is C4H8BBrS2. The van der Waals surface area contributed by atoms with Crippen LogP contribution in [0, 0.1) is 0 Å². The van der Waals surface area contributed by atoms with Crippen molar-refractivity contribution < 1.29 is 0 Å². The van der Waals surface area contributed by atoms with Crippen LogP contribution in [-0.2, 0) is 0 Å². The van der Waals surface area contributed by atoms with Gasteiger partial charge in [0.05, 0.1) is 7.85 Å². The molecule has 0 N–H and O–H groups in total. The van der Waals surface area contributed by atoms with Crippen LogP contribution >= 0.6 is 37.5 Å². The highest BCUT2D eigenvalue weighted by atomic mass is 79.9. The number of alkyl halides is 1. The lowest BCUT2D eigenvalue weighted by atomic mass is 10.1. The molecule has 0 aliphatic carbocycles. The van der Waals surface area contributed by atoms with Gasteiger partial charge in [-0.3, -0.25) is 0 Å². The fourth-order valence-electron chi connectivity index (χ4n) is 0.197. The van der Waals surface area contributed by atoms with Crippen molar-refractivity contribution in [3.05, 3.63) is 0 Å². The first-order valence-electron chi connectivity index (χ1n) is 2.42. The number of rotatable bonds is 5. The number of halogens is 1. The smallest absolute Gasteiger partial charge is 0.0664 e. The van der Waals surface area contributed by atoms with E-state index in [2.05, 4.69) is 15.9 Å². The van der Waals surface area contributed by atoms with Gasteiger partial charge in [0, 0.05) is 11.1 Å². The Bertz CT molecular complexity index is 39.0. The zero-order valence-electron chi connectivity index (χ0n) is 4.60. The summed E-state index contributed by atoms with van der Waals surface area (Å²) in [4.78, 5) is 0. The Kier molecular flexibility index (Phi) is 9.53. The van der Waals surface area contributed by atoms with Crippen LogP contribution in [0.2, 0.25) is 6.32 Å². The Morgan fingerprint density at radius 2 is 1.88 bits per heavy atom. The minimum Gasteiger partial charge on any atom is -0.0949 e. The first kappa shape index (κ1) is 9.24. The molecule has 0 aliphatic heterocycles. The molecule has 0 spiro atoms. The summed E-state index contributed by atoms with van der Waals surface area (Å²) >= 11 is 3.34. The molecule has 2 radical (unpaired) electrons. The Hall–Kier alpha value is 1.24. The summed E-state index contributed by atoms with van der Waals surface area (Å²) in [6.07, 6.45) is 0.792. The van der Waals surface area contributed by atoms with E-state index in [-0.39, 0.29) is 0 Å².